The minimum Gasteiger partial charge on any atom is -0.301 e. The number of hydrogen-bond acceptors (Lipinski definition) is 4. The molecule has 156 valence electrons. The third-order valence-electron chi connectivity index (χ3n) is 5.15. The van der Waals surface area contributed by atoms with Crippen LogP contribution in [-0.4, -0.2) is 11.6 Å². The van der Waals surface area contributed by atoms with E-state index < -0.39 is 15.0 Å². The largest absolute Gasteiger partial charge is 0.301 e. The molecule has 32 heavy (non-hydrogen) atoms. The van der Waals surface area contributed by atoms with Crippen molar-refractivity contribution in [1.29, 1.82) is 0 Å². The minimum absolute atomic E-state index is 0.143. The zero-order valence-corrected chi connectivity index (χ0v) is 18.7. The van der Waals surface area contributed by atoms with E-state index in [0.717, 1.165) is 0 Å². The lowest BCUT2D eigenvalue weighted by Gasteiger charge is -2.13. The van der Waals surface area contributed by atoms with Crippen molar-refractivity contribution in [2.45, 2.75) is 0 Å². The fourth-order valence-corrected chi connectivity index (χ4v) is 6.34. The van der Waals surface area contributed by atoms with E-state index in [-0.39, 0.29) is 11.6 Å². The van der Waals surface area contributed by atoms with Crippen LogP contribution in [0.3, 0.4) is 0 Å². The van der Waals surface area contributed by atoms with Crippen molar-refractivity contribution in [2.24, 2.45) is 0 Å². The molecule has 0 aliphatic carbocycles. The third-order valence-corrected chi connectivity index (χ3v) is 9.45. The van der Waals surface area contributed by atoms with Crippen molar-refractivity contribution < 1.29 is 18.7 Å². The average molecular weight is 456 g/mol. The Morgan fingerprint density at radius 2 is 0.812 bits per heavy atom. The van der Waals surface area contributed by atoms with Gasteiger partial charge in [-0.2, -0.15) is 0 Å². The fraction of sp³-hybridized carbons (Fsp3) is 0. The molecule has 6 heteroatoms. The van der Waals surface area contributed by atoms with Crippen molar-refractivity contribution in [2.75, 3.05) is 0 Å². The molecule has 0 bridgehead atoms. The molecular weight excluding hydrogens is 438 g/mol. The summed E-state index contributed by atoms with van der Waals surface area (Å²) in [5.41, 5.74) is 2.03. The number of rotatable bonds is 7. The summed E-state index contributed by atoms with van der Waals surface area (Å²) in [7, 11) is -0.522. The average Bonchev–Trinajstić information content (AvgIpc) is 2.88. The van der Waals surface area contributed by atoms with Gasteiger partial charge < -0.3 is 4.57 Å². The maximum Gasteiger partial charge on any atom is 0.231 e. The molecule has 0 aromatic heterocycles. The van der Waals surface area contributed by atoms with E-state index in [1.165, 1.54) is 0 Å². The number of ketones is 2. The van der Waals surface area contributed by atoms with E-state index in [2.05, 4.69) is 0 Å². The first-order valence-corrected chi connectivity index (χ1v) is 13.1. The maximum atomic E-state index is 13.6. The Hall–Kier alpha value is -3.45. The summed E-state index contributed by atoms with van der Waals surface area (Å²) in [6.45, 7) is -3.45. The molecule has 0 saturated carbocycles. The van der Waals surface area contributed by atoms with Crippen LogP contribution in [-0.2, 0) is 9.13 Å². The predicted molar refractivity (Wildman–Crippen MR) is 127 cm³/mol. The first-order chi connectivity index (χ1) is 15.5. The van der Waals surface area contributed by atoms with Gasteiger partial charge in [0.2, 0.25) is 15.0 Å². The van der Waals surface area contributed by atoms with Gasteiger partial charge in [-0.15, -0.1) is 0 Å². The summed E-state index contributed by atoms with van der Waals surface area (Å²) >= 11 is 0. The highest BCUT2D eigenvalue weighted by atomic mass is 32.1. The molecule has 0 heterocycles. The van der Waals surface area contributed by atoms with Gasteiger partial charge >= 0.3 is 0 Å². The topological polar surface area (TPSA) is 68.3 Å². The minimum atomic E-state index is -3.45. The Labute approximate surface area is 187 Å². The van der Waals surface area contributed by atoms with Crippen LogP contribution in [0.15, 0.2) is 109 Å². The molecule has 0 aliphatic rings. The molecule has 0 aliphatic heterocycles. The summed E-state index contributed by atoms with van der Waals surface area (Å²) in [6, 6.07) is 30.4. The monoisotopic (exact) mass is 456 g/mol. The highest BCUT2D eigenvalue weighted by molar-refractivity contribution is 8.27. The predicted octanol–water partition coefficient (Wildman–Crippen LogP) is 5.67. The van der Waals surface area contributed by atoms with Gasteiger partial charge in [0, 0.05) is 32.9 Å². The van der Waals surface area contributed by atoms with Crippen molar-refractivity contribution >= 4 is 37.2 Å². The molecule has 0 amide bonds. The zero-order valence-electron chi connectivity index (χ0n) is 16.9. The van der Waals surface area contributed by atoms with Crippen LogP contribution in [0.1, 0.15) is 31.8 Å². The molecule has 4 aromatic carbocycles. The van der Waals surface area contributed by atoms with Gasteiger partial charge in [0.05, 0.1) is 0 Å². The third kappa shape index (κ3) is 4.29. The Kier molecular flexibility index (Phi) is 6.37. The lowest BCUT2D eigenvalue weighted by molar-refractivity contribution is 0.103. The lowest BCUT2D eigenvalue weighted by atomic mass is 10.0. The van der Waals surface area contributed by atoms with Gasteiger partial charge in [0.1, 0.15) is 0 Å². The smallest absolute Gasteiger partial charge is 0.231 e. The van der Waals surface area contributed by atoms with E-state index in [0.29, 0.717) is 32.9 Å². The molecule has 4 aromatic rings. The van der Waals surface area contributed by atoms with Gasteiger partial charge in [-0.25, -0.2) is 0 Å². The summed E-state index contributed by atoms with van der Waals surface area (Å²) in [5.74, 6) is -0.286. The van der Waals surface area contributed by atoms with Crippen LogP contribution < -0.4 is 10.6 Å². The lowest BCUT2D eigenvalue weighted by Crippen LogP contribution is -2.14. The molecule has 0 spiro atoms. The summed E-state index contributed by atoms with van der Waals surface area (Å²) < 4.78 is 25.6. The van der Waals surface area contributed by atoms with Gasteiger partial charge in [-0.1, -0.05) is 84.9 Å². The highest BCUT2D eigenvalue weighted by Crippen LogP contribution is 2.55. The Morgan fingerprint density at radius 3 is 1.12 bits per heavy atom. The Balaban J connectivity index is 1.61. The van der Waals surface area contributed by atoms with Crippen molar-refractivity contribution in [3.63, 3.8) is 0 Å². The van der Waals surface area contributed by atoms with Crippen LogP contribution in [0.4, 0.5) is 0 Å². The Bertz CT molecular complexity index is 1220. The number of hydrogen-bond donors (Lipinski definition) is 0. The van der Waals surface area contributed by atoms with E-state index in [4.69, 9.17) is 0 Å². The normalized spacial score (nSPS) is 11.2. The van der Waals surface area contributed by atoms with Crippen LogP contribution in [0.2, 0.25) is 0 Å². The van der Waals surface area contributed by atoms with E-state index >= 15 is 0 Å². The van der Waals surface area contributed by atoms with Gasteiger partial charge in [0.15, 0.2) is 11.6 Å². The second-order valence-electron chi connectivity index (χ2n) is 7.14. The van der Waals surface area contributed by atoms with E-state index in [1.54, 1.807) is 97.1 Å². The summed E-state index contributed by atoms with van der Waals surface area (Å²) in [6.07, 6.45) is 0. The number of carbonyl (C=O) groups excluding carboxylic acids is 2. The summed E-state index contributed by atoms with van der Waals surface area (Å²) in [4.78, 5) is 25.2. The zero-order chi connectivity index (χ0) is 22.6. The quantitative estimate of drug-likeness (QED) is 0.266. The number of carbonyl (C=O) groups is 2. The Morgan fingerprint density at radius 1 is 0.500 bits per heavy atom. The molecular formula is C26H18O4P2. The van der Waals surface area contributed by atoms with Crippen molar-refractivity contribution in [1.82, 2.24) is 0 Å². The van der Waals surface area contributed by atoms with Crippen LogP contribution in [0.5, 0.6) is 0 Å². The first-order valence-electron chi connectivity index (χ1n) is 9.88. The molecule has 4 nitrogen and oxygen atoms in total. The molecule has 0 N–H and O–H groups in total. The maximum absolute atomic E-state index is 13.6. The van der Waals surface area contributed by atoms with E-state index in [1.807, 2.05) is 12.1 Å². The fourth-order valence-electron chi connectivity index (χ4n) is 3.39. The van der Waals surface area contributed by atoms with Gasteiger partial charge in [0.25, 0.3) is 0 Å². The molecule has 0 atom stereocenters. The first kappa shape index (κ1) is 21.8. The molecule has 0 unspecified atom stereocenters. The van der Waals surface area contributed by atoms with E-state index in [9.17, 15) is 18.7 Å². The summed E-state index contributed by atoms with van der Waals surface area (Å²) in [5, 5.41) is 0.752. The van der Waals surface area contributed by atoms with Crippen LogP contribution >= 0.6 is 15.0 Å². The molecule has 0 radical (unpaired) electrons. The second kappa shape index (κ2) is 9.36. The second-order valence-corrected chi connectivity index (χ2v) is 11.7. The molecule has 0 saturated heterocycles. The standard InChI is InChI=1S/C26H18O4P2/c27-25(19-7-3-1-4-8-19)21-11-15-23(16-12-21)32(30,31-29)24-17-13-22(14-18-24)26(28)20-9-5-2-6-10-20/h1-18H. The van der Waals surface area contributed by atoms with Crippen LogP contribution in [0.25, 0.3) is 0 Å². The van der Waals surface area contributed by atoms with Crippen LogP contribution in [0, 0.1) is 0 Å². The SMILES string of the molecule is O=PP(=O)(c1ccc(C(=O)c2ccccc2)cc1)c1ccc(C(=O)c2ccccc2)cc1. The van der Waals surface area contributed by atoms with Crippen molar-refractivity contribution in [3.05, 3.63) is 131 Å². The molecule has 4 rings (SSSR count). The molecule has 0 fully saturated rings. The van der Waals surface area contributed by atoms with Gasteiger partial charge in [-0.05, 0) is 24.3 Å². The number of benzene rings is 4. The van der Waals surface area contributed by atoms with Gasteiger partial charge in [-0.3, -0.25) is 14.2 Å². The van der Waals surface area contributed by atoms with Crippen molar-refractivity contribution in [3.8, 4) is 0 Å². The highest BCUT2D eigenvalue weighted by Gasteiger charge is 2.29.